The Kier molecular flexibility index (Phi) is 4.52. The summed E-state index contributed by atoms with van der Waals surface area (Å²) in [7, 11) is 0. The molecule has 6 heteroatoms. The number of rotatable bonds is 6. The van der Waals surface area contributed by atoms with Gasteiger partial charge in [0.15, 0.2) is 0 Å². The molecule has 5 nitrogen and oxygen atoms in total. The highest BCUT2D eigenvalue weighted by Gasteiger charge is 2.08. The zero-order chi connectivity index (χ0) is 13.7. The van der Waals surface area contributed by atoms with Crippen LogP contribution in [0, 0.1) is 0 Å². The van der Waals surface area contributed by atoms with Crippen LogP contribution in [0.1, 0.15) is 25.2 Å². The molecule has 100 valence electrons. The van der Waals surface area contributed by atoms with Crippen molar-refractivity contribution in [1.29, 1.82) is 0 Å². The van der Waals surface area contributed by atoms with Gasteiger partial charge in [0, 0.05) is 23.4 Å². The number of aryl methyl sites for hydroxylation is 1. The molecule has 0 saturated carbocycles. The van der Waals surface area contributed by atoms with Crippen LogP contribution in [0.2, 0.25) is 5.02 Å². The molecule has 2 rings (SSSR count). The highest BCUT2D eigenvalue weighted by Crippen LogP contribution is 2.20. The summed E-state index contributed by atoms with van der Waals surface area (Å²) in [6.07, 6.45) is 2.08. The second-order valence-electron chi connectivity index (χ2n) is 4.11. The van der Waals surface area contributed by atoms with Gasteiger partial charge in [-0.2, -0.15) is 0 Å². The van der Waals surface area contributed by atoms with E-state index in [-0.39, 0.29) is 6.42 Å². The molecule has 0 atom stereocenters. The fourth-order valence-electron chi connectivity index (χ4n) is 1.62. The smallest absolute Gasteiger partial charge is 0.303 e. The van der Waals surface area contributed by atoms with Gasteiger partial charge < -0.3 is 9.52 Å². The highest BCUT2D eigenvalue weighted by atomic mass is 35.5. The Balaban J connectivity index is 1.91. The zero-order valence-electron chi connectivity index (χ0n) is 10.2. The third-order valence-electron chi connectivity index (χ3n) is 2.59. The Morgan fingerprint density at radius 2 is 1.95 bits per heavy atom. The van der Waals surface area contributed by atoms with E-state index in [1.165, 1.54) is 0 Å². The second-order valence-corrected chi connectivity index (χ2v) is 4.55. The summed E-state index contributed by atoms with van der Waals surface area (Å²) < 4.78 is 5.50. The van der Waals surface area contributed by atoms with Crippen LogP contribution < -0.4 is 0 Å². The summed E-state index contributed by atoms with van der Waals surface area (Å²) in [4.78, 5) is 10.4. The minimum atomic E-state index is -0.785. The van der Waals surface area contributed by atoms with Crippen LogP contribution in [0.4, 0.5) is 0 Å². The van der Waals surface area contributed by atoms with E-state index in [2.05, 4.69) is 10.2 Å². The Morgan fingerprint density at radius 3 is 2.63 bits per heavy atom. The maximum absolute atomic E-state index is 10.4. The van der Waals surface area contributed by atoms with Gasteiger partial charge in [-0.3, -0.25) is 4.79 Å². The van der Waals surface area contributed by atoms with Gasteiger partial charge in [0.05, 0.1) is 0 Å². The molecule has 0 aliphatic heterocycles. The first-order valence-corrected chi connectivity index (χ1v) is 6.33. The molecule has 0 radical (unpaired) electrons. The van der Waals surface area contributed by atoms with E-state index in [0.717, 1.165) is 5.56 Å². The molecule has 2 aromatic rings. The van der Waals surface area contributed by atoms with Crippen molar-refractivity contribution in [3.63, 3.8) is 0 Å². The lowest BCUT2D eigenvalue weighted by Crippen LogP contribution is -1.95. The standard InChI is InChI=1S/C13H13ClN2O3/c14-10-7-5-9(6-8-10)13-16-15-11(19-13)3-1-2-4-12(17)18/h5-8H,1-4H2,(H,17,18). The first kappa shape index (κ1) is 13.5. The van der Waals surface area contributed by atoms with Crippen molar-refractivity contribution in [3.05, 3.63) is 35.2 Å². The molecule has 1 aromatic heterocycles. The minimum absolute atomic E-state index is 0.165. The van der Waals surface area contributed by atoms with Crippen molar-refractivity contribution >= 4 is 17.6 Å². The molecular weight excluding hydrogens is 268 g/mol. The number of halogens is 1. The van der Waals surface area contributed by atoms with Crippen LogP contribution in [-0.4, -0.2) is 21.3 Å². The summed E-state index contributed by atoms with van der Waals surface area (Å²) in [6, 6.07) is 7.13. The number of benzene rings is 1. The molecule has 0 fully saturated rings. The topological polar surface area (TPSA) is 76.2 Å². The average Bonchev–Trinajstić information content (AvgIpc) is 2.84. The number of aromatic nitrogens is 2. The third kappa shape index (κ3) is 4.06. The van der Waals surface area contributed by atoms with Crippen molar-refractivity contribution in [2.24, 2.45) is 0 Å². The summed E-state index contributed by atoms with van der Waals surface area (Å²) >= 11 is 5.80. The lowest BCUT2D eigenvalue weighted by atomic mass is 10.2. The summed E-state index contributed by atoms with van der Waals surface area (Å²) in [5.74, 6) is 0.188. The number of hydrogen-bond acceptors (Lipinski definition) is 4. The van der Waals surface area contributed by atoms with Crippen molar-refractivity contribution < 1.29 is 14.3 Å². The van der Waals surface area contributed by atoms with E-state index in [0.29, 0.717) is 36.1 Å². The predicted octanol–water partition coefficient (Wildman–Crippen LogP) is 3.19. The van der Waals surface area contributed by atoms with E-state index in [9.17, 15) is 4.79 Å². The van der Waals surface area contributed by atoms with E-state index < -0.39 is 5.97 Å². The quantitative estimate of drug-likeness (QED) is 0.822. The first-order valence-electron chi connectivity index (χ1n) is 5.95. The number of carboxylic acid groups (broad SMARTS) is 1. The molecule has 1 N–H and O–H groups in total. The minimum Gasteiger partial charge on any atom is -0.481 e. The van der Waals surface area contributed by atoms with Crippen LogP contribution in [0.25, 0.3) is 11.5 Å². The fourth-order valence-corrected chi connectivity index (χ4v) is 1.74. The van der Waals surface area contributed by atoms with Gasteiger partial charge >= 0.3 is 5.97 Å². The molecule has 0 aliphatic rings. The van der Waals surface area contributed by atoms with E-state index in [1.807, 2.05) is 12.1 Å². The molecule has 19 heavy (non-hydrogen) atoms. The molecule has 1 heterocycles. The number of unbranched alkanes of at least 4 members (excludes halogenated alkanes) is 1. The van der Waals surface area contributed by atoms with Crippen LogP contribution in [0.5, 0.6) is 0 Å². The van der Waals surface area contributed by atoms with Gasteiger partial charge in [-0.15, -0.1) is 10.2 Å². The molecule has 0 spiro atoms. The highest BCUT2D eigenvalue weighted by molar-refractivity contribution is 6.30. The molecule has 0 saturated heterocycles. The second kappa shape index (κ2) is 6.33. The van der Waals surface area contributed by atoms with E-state index in [1.54, 1.807) is 12.1 Å². The molecule has 0 bridgehead atoms. The number of hydrogen-bond donors (Lipinski definition) is 1. The SMILES string of the molecule is O=C(O)CCCCc1nnc(-c2ccc(Cl)cc2)o1. The van der Waals surface area contributed by atoms with Gasteiger partial charge in [0.25, 0.3) is 0 Å². The maximum atomic E-state index is 10.4. The lowest BCUT2D eigenvalue weighted by Gasteiger charge is -1.95. The Bertz CT molecular complexity index is 551. The van der Waals surface area contributed by atoms with Gasteiger partial charge in [0.2, 0.25) is 11.8 Å². The number of carbonyl (C=O) groups is 1. The van der Waals surface area contributed by atoms with Crippen molar-refractivity contribution in [2.45, 2.75) is 25.7 Å². The fraction of sp³-hybridized carbons (Fsp3) is 0.308. The summed E-state index contributed by atoms with van der Waals surface area (Å²) in [5.41, 5.74) is 0.814. The monoisotopic (exact) mass is 280 g/mol. The van der Waals surface area contributed by atoms with Crippen molar-refractivity contribution in [2.75, 3.05) is 0 Å². The maximum Gasteiger partial charge on any atom is 0.303 e. The normalized spacial score (nSPS) is 10.6. The molecule has 0 unspecified atom stereocenters. The first-order chi connectivity index (χ1) is 9.15. The lowest BCUT2D eigenvalue weighted by molar-refractivity contribution is -0.137. The Hall–Kier alpha value is -1.88. The Morgan fingerprint density at radius 1 is 1.21 bits per heavy atom. The average molecular weight is 281 g/mol. The number of aliphatic carboxylic acids is 1. The van der Waals surface area contributed by atoms with Crippen LogP contribution in [0.15, 0.2) is 28.7 Å². The largest absolute Gasteiger partial charge is 0.481 e. The third-order valence-corrected chi connectivity index (χ3v) is 2.84. The van der Waals surface area contributed by atoms with Gasteiger partial charge in [-0.1, -0.05) is 11.6 Å². The van der Waals surface area contributed by atoms with Crippen LogP contribution in [-0.2, 0) is 11.2 Å². The van der Waals surface area contributed by atoms with Crippen LogP contribution >= 0.6 is 11.6 Å². The van der Waals surface area contributed by atoms with E-state index >= 15 is 0 Å². The Labute approximate surface area is 115 Å². The molecular formula is C13H13ClN2O3. The number of carboxylic acids is 1. The molecule has 0 amide bonds. The van der Waals surface area contributed by atoms with Crippen molar-refractivity contribution in [1.82, 2.24) is 10.2 Å². The van der Waals surface area contributed by atoms with Crippen molar-refractivity contribution in [3.8, 4) is 11.5 Å². The van der Waals surface area contributed by atoms with Gasteiger partial charge in [-0.05, 0) is 37.1 Å². The van der Waals surface area contributed by atoms with Gasteiger partial charge in [0.1, 0.15) is 0 Å². The molecule has 1 aromatic carbocycles. The van der Waals surface area contributed by atoms with Gasteiger partial charge in [-0.25, -0.2) is 0 Å². The molecule has 0 aliphatic carbocycles. The number of nitrogens with zero attached hydrogens (tertiary/aromatic N) is 2. The predicted molar refractivity (Wildman–Crippen MR) is 69.9 cm³/mol. The summed E-state index contributed by atoms with van der Waals surface area (Å²) in [6.45, 7) is 0. The van der Waals surface area contributed by atoms with Crippen LogP contribution in [0.3, 0.4) is 0 Å². The zero-order valence-corrected chi connectivity index (χ0v) is 10.9. The van der Waals surface area contributed by atoms with E-state index in [4.69, 9.17) is 21.1 Å². The summed E-state index contributed by atoms with van der Waals surface area (Å²) in [5, 5.41) is 17.1.